The van der Waals surface area contributed by atoms with E-state index in [9.17, 15) is 0 Å². The monoisotopic (exact) mass is 294 g/mol. The molecule has 0 aliphatic carbocycles. The first kappa shape index (κ1) is 17.3. The number of nitrogens with zero attached hydrogens (tertiary/aromatic N) is 2. The van der Waals surface area contributed by atoms with Crippen LogP contribution in [0.3, 0.4) is 0 Å². The van der Waals surface area contributed by atoms with Crippen LogP contribution in [0, 0.1) is 5.92 Å². The molecule has 0 amide bonds. The van der Waals surface area contributed by atoms with Crippen molar-refractivity contribution in [3.8, 4) is 0 Å². The number of likely N-dealkylation sites (tertiary alicyclic amines) is 2. The molecule has 2 heterocycles. The highest BCUT2D eigenvalue weighted by Gasteiger charge is 2.26. The summed E-state index contributed by atoms with van der Waals surface area (Å²) < 4.78 is 0. The molecule has 2 rings (SSSR count). The van der Waals surface area contributed by atoms with Crippen LogP contribution >= 0.6 is 0 Å². The largest absolute Gasteiger partial charge is 0.303 e. The standard InChI is InChI=1S/C19H38N2/c1-3-4-5-6-7-8-13-20-14-11-19(12-15-20)21-16-9-18(2)10-17-21/h18-19H,3-17H2,1-2H3. The van der Waals surface area contributed by atoms with Gasteiger partial charge in [-0.05, 0) is 70.7 Å². The zero-order valence-electron chi connectivity index (χ0n) is 14.7. The third kappa shape index (κ3) is 6.28. The van der Waals surface area contributed by atoms with E-state index in [4.69, 9.17) is 0 Å². The van der Waals surface area contributed by atoms with Gasteiger partial charge in [0.05, 0.1) is 0 Å². The van der Waals surface area contributed by atoms with Gasteiger partial charge in [0.2, 0.25) is 0 Å². The van der Waals surface area contributed by atoms with Gasteiger partial charge in [0, 0.05) is 6.04 Å². The van der Waals surface area contributed by atoms with Crippen molar-refractivity contribution in [3.05, 3.63) is 0 Å². The second-order valence-corrected chi connectivity index (χ2v) is 7.56. The first-order valence-corrected chi connectivity index (χ1v) is 9.76. The zero-order chi connectivity index (χ0) is 14.9. The minimum Gasteiger partial charge on any atom is -0.303 e. The summed E-state index contributed by atoms with van der Waals surface area (Å²) in [5.74, 6) is 0.967. The summed E-state index contributed by atoms with van der Waals surface area (Å²) in [7, 11) is 0. The summed E-state index contributed by atoms with van der Waals surface area (Å²) in [4.78, 5) is 5.52. The van der Waals surface area contributed by atoms with Crippen LogP contribution in [0.5, 0.6) is 0 Å². The van der Waals surface area contributed by atoms with E-state index in [1.54, 1.807) is 0 Å². The fourth-order valence-corrected chi connectivity index (χ4v) is 4.02. The summed E-state index contributed by atoms with van der Waals surface area (Å²) in [6, 6.07) is 0.901. The van der Waals surface area contributed by atoms with E-state index in [-0.39, 0.29) is 0 Å². The van der Waals surface area contributed by atoms with Crippen LogP contribution in [0.2, 0.25) is 0 Å². The van der Waals surface area contributed by atoms with E-state index in [1.807, 2.05) is 0 Å². The van der Waals surface area contributed by atoms with Crippen LogP contribution in [0.15, 0.2) is 0 Å². The average molecular weight is 295 g/mol. The normalized spacial score (nSPS) is 23.7. The van der Waals surface area contributed by atoms with Gasteiger partial charge in [-0.1, -0.05) is 46.0 Å². The van der Waals surface area contributed by atoms with Gasteiger partial charge in [0.15, 0.2) is 0 Å². The third-order valence-electron chi connectivity index (χ3n) is 5.72. The topological polar surface area (TPSA) is 6.48 Å². The highest BCUT2D eigenvalue weighted by Crippen LogP contribution is 2.23. The Balaban J connectivity index is 1.52. The summed E-state index contributed by atoms with van der Waals surface area (Å²) in [5.41, 5.74) is 0. The average Bonchev–Trinajstić information content (AvgIpc) is 2.52. The van der Waals surface area contributed by atoms with Crippen molar-refractivity contribution in [2.24, 2.45) is 5.92 Å². The SMILES string of the molecule is CCCCCCCCN1CCC(N2CCC(C)CC2)CC1. The van der Waals surface area contributed by atoms with Crippen molar-refractivity contribution in [1.82, 2.24) is 9.80 Å². The maximum absolute atomic E-state index is 2.79. The van der Waals surface area contributed by atoms with Crippen LogP contribution in [0.1, 0.15) is 78.1 Å². The molecule has 2 nitrogen and oxygen atoms in total. The smallest absolute Gasteiger partial charge is 0.0120 e. The lowest BCUT2D eigenvalue weighted by atomic mass is 9.95. The number of hydrogen-bond donors (Lipinski definition) is 0. The Hall–Kier alpha value is -0.0800. The molecule has 0 aromatic carbocycles. The molecule has 2 fully saturated rings. The zero-order valence-corrected chi connectivity index (χ0v) is 14.7. The van der Waals surface area contributed by atoms with Gasteiger partial charge < -0.3 is 9.80 Å². The van der Waals surface area contributed by atoms with Crippen molar-refractivity contribution in [2.75, 3.05) is 32.7 Å². The lowest BCUT2D eigenvalue weighted by Crippen LogP contribution is -2.47. The quantitative estimate of drug-likeness (QED) is 0.606. The van der Waals surface area contributed by atoms with E-state index >= 15 is 0 Å². The van der Waals surface area contributed by atoms with Crippen molar-refractivity contribution >= 4 is 0 Å². The van der Waals surface area contributed by atoms with Gasteiger partial charge in [-0.25, -0.2) is 0 Å². The number of unbranched alkanes of at least 4 members (excludes halogenated alkanes) is 5. The lowest BCUT2D eigenvalue weighted by Gasteiger charge is -2.41. The molecule has 0 radical (unpaired) electrons. The fraction of sp³-hybridized carbons (Fsp3) is 1.00. The van der Waals surface area contributed by atoms with Crippen LogP contribution in [0.25, 0.3) is 0 Å². The summed E-state index contributed by atoms with van der Waals surface area (Å²) in [6.45, 7) is 11.5. The van der Waals surface area contributed by atoms with Crippen molar-refractivity contribution in [1.29, 1.82) is 0 Å². The second kappa shape index (κ2) is 9.84. The van der Waals surface area contributed by atoms with Crippen LogP contribution < -0.4 is 0 Å². The molecule has 21 heavy (non-hydrogen) atoms. The summed E-state index contributed by atoms with van der Waals surface area (Å²) >= 11 is 0. The predicted octanol–water partition coefficient (Wildman–Crippen LogP) is 4.54. The highest BCUT2D eigenvalue weighted by atomic mass is 15.2. The molecule has 0 bridgehead atoms. The maximum atomic E-state index is 2.79. The Morgan fingerprint density at radius 3 is 2.05 bits per heavy atom. The summed E-state index contributed by atoms with van der Waals surface area (Å²) in [5, 5.41) is 0. The molecule has 0 aromatic heterocycles. The number of piperidine rings is 2. The molecular formula is C19H38N2. The fourth-order valence-electron chi connectivity index (χ4n) is 4.02. The molecule has 2 aliphatic rings. The second-order valence-electron chi connectivity index (χ2n) is 7.56. The maximum Gasteiger partial charge on any atom is 0.0120 e. The van der Waals surface area contributed by atoms with Crippen molar-refractivity contribution in [3.63, 3.8) is 0 Å². The predicted molar refractivity (Wildman–Crippen MR) is 92.8 cm³/mol. The van der Waals surface area contributed by atoms with Gasteiger partial charge in [-0.15, -0.1) is 0 Å². The Bertz CT molecular complexity index is 250. The Labute approximate surface area is 133 Å². The molecule has 0 N–H and O–H groups in total. The third-order valence-corrected chi connectivity index (χ3v) is 5.72. The van der Waals surface area contributed by atoms with Crippen LogP contribution in [-0.4, -0.2) is 48.6 Å². The van der Waals surface area contributed by atoms with Crippen LogP contribution in [-0.2, 0) is 0 Å². The minimum absolute atomic E-state index is 0.901. The molecular weight excluding hydrogens is 256 g/mol. The molecule has 0 atom stereocenters. The highest BCUT2D eigenvalue weighted by molar-refractivity contribution is 4.82. The minimum atomic E-state index is 0.901. The van der Waals surface area contributed by atoms with Gasteiger partial charge >= 0.3 is 0 Å². The van der Waals surface area contributed by atoms with Crippen molar-refractivity contribution < 1.29 is 0 Å². The number of rotatable bonds is 8. The molecule has 2 saturated heterocycles. The summed E-state index contributed by atoms with van der Waals surface area (Å²) in [6.07, 6.45) is 14.3. The van der Waals surface area contributed by atoms with E-state index in [2.05, 4.69) is 23.6 Å². The Kier molecular flexibility index (Phi) is 8.10. The van der Waals surface area contributed by atoms with Gasteiger partial charge in [0.1, 0.15) is 0 Å². The Morgan fingerprint density at radius 2 is 1.38 bits per heavy atom. The Morgan fingerprint density at radius 1 is 0.762 bits per heavy atom. The molecule has 0 unspecified atom stereocenters. The van der Waals surface area contributed by atoms with E-state index in [0.29, 0.717) is 0 Å². The lowest BCUT2D eigenvalue weighted by molar-refractivity contribution is 0.0798. The molecule has 2 aliphatic heterocycles. The van der Waals surface area contributed by atoms with Gasteiger partial charge in [-0.2, -0.15) is 0 Å². The van der Waals surface area contributed by atoms with Crippen LogP contribution in [0.4, 0.5) is 0 Å². The van der Waals surface area contributed by atoms with E-state index in [1.165, 1.54) is 96.9 Å². The molecule has 2 heteroatoms. The molecule has 124 valence electrons. The molecule has 0 saturated carbocycles. The van der Waals surface area contributed by atoms with Gasteiger partial charge in [0.25, 0.3) is 0 Å². The number of hydrogen-bond acceptors (Lipinski definition) is 2. The van der Waals surface area contributed by atoms with Crippen molar-refractivity contribution in [2.45, 2.75) is 84.1 Å². The molecule has 0 spiro atoms. The molecule has 0 aromatic rings. The van der Waals surface area contributed by atoms with E-state index in [0.717, 1.165) is 12.0 Å². The van der Waals surface area contributed by atoms with Gasteiger partial charge in [-0.3, -0.25) is 0 Å². The first-order valence-electron chi connectivity index (χ1n) is 9.76. The van der Waals surface area contributed by atoms with E-state index < -0.39 is 0 Å². The first-order chi connectivity index (χ1) is 10.3.